The van der Waals surface area contributed by atoms with Gasteiger partial charge in [-0.25, -0.2) is 0 Å². The Morgan fingerprint density at radius 2 is 1.48 bits per heavy atom. The van der Waals surface area contributed by atoms with E-state index < -0.39 is 0 Å². The van der Waals surface area contributed by atoms with Gasteiger partial charge in [0.25, 0.3) is 0 Å². The summed E-state index contributed by atoms with van der Waals surface area (Å²) in [7, 11) is 0. The van der Waals surface area contributed by atoms with Crippen molar-refractivity contribution in [2.24, 2.45) is 0 Å². The molecule has 0 bridgehead atoms. The Balaban J connectivity index is 1.19. The number of nitrogens with zero attached hydrogens (tertiary/aromatic N) is 2. The van der Waals surface area contributed by atoms with Crippen LogP contribution in [0.15, 0.2) is 146 Å². The molecule has 1 aliphatic rings. The van der Waals surface area contributed by atoms with Gasteiger partial charge in [0.15, 0.2) is 0 Å². The van der Waals surface area contributed by atoms with E-state index >= 15 is 0 Å². The van der Waals surface area contributed by atoms with Gasteiger partial charge in [0.1, 0.15) is 0 Å². The van der Waals surface area contributed by atoms with Gasteiger partial charge in [-0.1, -0.05) is 110 Å². The van der Waals surface area contributed by atoms with Crippen molar-refractivity contribution in [2.45, 2.75) is 33.6 Å². The SMILES string of the molecule is C=C(/C=C(\C=C\C)n1c(/C=C\C)c(C)c2ccccc21)c1ccc(-c2cncc(-c3cccc(C4=c5ccccc5=CCC4)c3)c2)cc1. The molecule has 2 heterocycles. The van der Waals surface area contributed by atoms with Crippen LogP contribution in [-0.4, -0.2) is 9.55 Å². The third kappa shape index (κ3) is 5.94. The smallest absolute Gasteiger partial charge is 0.0537 e. The number of benzene rings is 4. The summed E-state index contributed by atoms with van der Waals surface area (Å²) in [6.45, 7) is 10.8. The number of rotatable bonds is 8. The fourth-order valence-corrected chi connectivity index (χ4v) is 6.95. The van der Waals surface area contributed by atoms with E-state index in [0.717, 1.165) is 46.4 Å². The number of para-hydroxylation sites is 1. The molecule has 0 saturated carbocycles. The minimum absolute atomic E-state index is 0.958. The summed E-state index contributed by atoms with van der Waals surface area (Å²) < 4.78 is 2.33. The highest BCUT2D eigenvalue weighted by Crippen LogP contribution is 2.33. The normalized spacial score (nSPS) is 13.3. The highest BCUT2D eigenvalue weighted by atomic mass is 15.0. The Morgan fingerprint density at radius 3 is 2.29 bits per heavy atom. The van der Waals surface area contributed by atoms with Gasteiger partial charge >= 0.3 is 0 Å². The van der Waals surface area contributed by atoms with Crippen LogP contribution in [0.25, 0.3) is 62.2 Å². The first-order chi connectivity index (χ1) is 23.6. The lowest BCUT2D eigenvalue weighted by Gasteiger charge is -2.14. The molecule has 0 N–H and O–H groups in total. The maximum absolute atomic E-state index is 4.66. The van der Waals surface area contributed by atoms with Crippen LogP contribution in [0.5, 0.6) is 0 Å². The molecule has 0 amide bonds. The lowest BCUT2D eigenvalue weighted by atomic mass is 9.91. The molecule has 0 spiro atoms. The van der Waals surface area contributed by atoms with Gasteiger partial charge in [-0.2, -0.15) is 0 Å². The first kappa shape index (κ1) is 30.9. The van der Waals surface area contributed by atoms with Crippen molar-refractivity contribution < 1.29 is 0 Å². The zero-order valence-electron chi connectivity index (χ0n) is 27.9. The topological polar surface area (TPSA) is 17.8 Å². The molecule has 7 rings (SSSR count). The summed E-state index contributed by atoms with van der Waals surface area (Å²) in [5.74, 6) is 0. The molecule has 1 aliphatic carbocycles. The first-order valence-electron chi connectivity index (χ1n) is 16.8. The highest BCUT2D eigenvalue weighted by Gasteiger charge is 2.15. The number of hydrogen-bond donors (Lipinski definition) is 0. The van der Waals surface area contributed by atoms with Crippen LogP contribution >= 0.6 is 0 Å². The van der Waals surface area contributed by atoms with Crippen LogP contribution in [0.1, 0.15) is 49.1 Å². The average molecular weight is 621 g/mol. The Kier molecular flexibility index (Phi) is 8.72. The van der Waals surface area contributed by atoms with Crippen molar-refractivity contribution in [2.75, 3.05) is 0 Å². The van der Waals surface area contributed by atoms with Crippen molar-refractivity contribution in [3.05, 3.63) is 179 Å². The number of pyridine rings is 1. The van der Waals surface area contributed by atoms with Gasteiger partial charge in [0, 0.05) is 40.3 Å². The Morgan fingerprint density at radius 1 is 0.750 bits per heavy atom. The van der Waals surface area contributed by atoms with Crippen LogP contribution in [-0.2, 0) is 0 Å². The van der Waals surface area contributed by atoms with E-state index in [-0.39, 0.29) is 0 Å². The number of fused-ring (bicyclic) bond motifs is 2. The molecule has 0 aliphatic heterocycles. The van der Waals surface area contributed by atoms with E-state index in [0.29, 0.717) is 0 Å². The maximum atomic E-state index is 4.66. The standard InChI is InChI=1S/C46H40N2/c1-5-13-41(48-45(14-6-2)33(4)42-19-9-10-22-46(42)48)27-32(3)34-23-25-35(26-24-34)39-29-40(31-47-30-39)37-17-11-18-38(28-37)44-21-12-16-36-15-7-8-20-43(36)44/h5-11,13-20,22-31H,3,12,21H2,1-2,4H3/b13-5+,14-6-,41-27+. The van der Waals surface area contributed by atoms with E-state index in [1.165, 1.54) is 49.3 Å². The van der Waals surface area contributed by atoms with Crippen LogP contribution in [0.3, 0.4) is 0 Å². The molecule has 4 aromatic carbocycles. The predicted octanol–water partition coefficient (Wildman–Crippen LogP) is 10.6. The minimum Gasteiger partial charge on any atom is -0.310 e. The molecule has 0 atom stereocenters. The van der Waals surface area contributed by atoms with Crippen LogP contribution in [0, 0.1) is 6.92 Å². The molecule has 234 valence electrons. The van der Waals surface area contributed by atoms with Crippen molar-refractivity contribution in [1.29, 1.82) is 0 Å². The summed E-state index contributed by atoms with van der Waals surface area (Å²) >= 11 is 0. The minimum atomic E-state index is 0.958. The van der Waals surface area contributed by atoms with Gasteiger partial charge in [-0.3, -0.25) is 4.98 Å². The molecule has 2 aromatic heterocycles. The van der Waals surface area contributed by atoms with Crippen molar-refractivity contribution in [3.63, 3.8) is 0 Å². The largest absolute Gasteiger partial charge is 0.310 e. The summed E-state index contributed by atoms with van der Waals surface area (Å²) in [4.78, 5) is 4.66. The Hall–Kier alpha value is -5.73. The third-order valence-electron chi connectivity index (χ3n) is 9.33. The molecule has 0 fully saturated rings. The van der Waals surface area contributed by atoms with Gasteiger partial charge < -0.3 is 4.57 Å². The van der Waals surface area contributed by atoms with E-state index in [1.807, 2.05) is 12.4 Å². The van der Waals surface area contributed by atoms with Crippen molar-refractivity contribution in [3.8, 4) is 22.3 Å². The summed E-state index contributed by atoms with van der Waals surface area (Å²) in [6.07, 6.45) is 19.1. The lowest BCUT2D eigenvalue weighted by Crippen LogP contribution is -2.29. The van der Waals surface area contributed by atoms with Crippen molar-refractivity contribution >= 4 is 39.9 Å². The molecule has 0 saturated heterocycles. The maximum Gasteiger partial charge on any atom is 0.0537 e. The fourth-order valence-electron chi connectivity index (χ4n) is 6.95. The molecular weight excluding hydrogens is 581 g/mol. The summed E-state index contributed by atoms with van der Waals surface area (Å²) in [6, 6.07) is 37.1. The fraction of sp³-hybridized carbons (Fsp3) is 0.109. The molecule has 48 heavy (non-hydrogen) atoms. The summed E-state index contributed by atoms with van der Waals surface area (Å²) in [5, 5.41) is 3.94. The second-order valence-corrected chi connectivity index (χ2v) is 12.4. The number of allylic oxidation sites excluding steroid dienone is 6. The van der Waals surface area contributed by atoms with Crippen LogP contribution in [0.2, 0.25) is 0 Å². The number of aromatic nitrogens is 2. The molecular formula is C46H40N2. The second-order valence-electron chi connectivity index (χ2n) is 12.4. The van der Waals surface area contributed by atoms with E-state index in [2.05, 4.69) is 176 Å². The van der Waals surface area contributed by atoms with Crippen molar-refractivity contribution in [1.82, 2.24) is 9.55 Å². The zero-order valence-corrected chi connectivity index (χ0v) is 27.9. The quantitative estimate of drug-likeness (QED) is 0.155. The first-order valence-corrected chi connectivity index (χ1v) is 16.8. The van der Waals surface area contributed by atoms with E-state index in [1.54, 1.807) is 0 Å². The highest BCUT2D eigenvalue weighted by molar-refractivity contribution is 5.94. The third-order valence-corrected chi connectivity index (χ3v) is 9.33. The van der Waals surface area contributed by atoms with E-state index in [4.69, 9.17) is 0 Å². The van der Waals surface area contributed by atoms with Crippen LogP contribution < -0.4 is 10.4 Å². The zero-order chi connectivity index (χ0) is 33.0. The lowest BCUT2D eigenvalue weighted by molar-refractivity contribution is 1.08. The average Bonchev–Trinajstić information content (AvgIpc) is 3.42. The molecule has 2 heteroatoms. The molecule has 0 unspecified atom stereocenters. The number of aryl methyl sites for hydroxylation is 1. The van der Waals surface area contributed by atoms with E-state index in [9.17, 15) is 0 Å². The summed E-state index contributed by atoms with van der Waals surface area (Å²) in [5.41, 5.74) is 14.0. The Bertz CT molecular complexity index is 2380. The monoisotopic (exact) mass is 620 g/mol. The predicted molar refractivity (Wildman–Crippen MR) is 207 cm³/mol. The molecule has 0 radical (unpaired) electrons. The second kappa shape index (κ2) is 13.6. The van der Waals surface area contributed by atoms with Gasteiger partial charge in [-0.05, 0) is 119 Å². The van der Waals surface area contributed by atoms with Crippen LogP contribution in [0.4, 0.5) is 0 Å². The van der Waals surface area contributed by atoms with Gasteiger partial charge in [-0.15, -0.1) is 0 Å². The van der Waals surface area contributed by atoms with Gasteiger partial charge in [0.05, 0.1) is 5.52 Å². The molecule has 2 nitrogen and oxygen atoms in total. The molecule has 6 aromatic rings. The van der Waals surface area contributed by atoms with Gasteiger partial charge in [0.2, 0.25) is 0 Å². The Labute approximate surface area is 283 Å². The number of hydrogen-bond acceptors (Lipinski definition) is 1.